The molecule has 1 aromatic heterocycles. The number of ketones is 1. The minimum absolute atomic E-state index is 0.194. The molecule has 0 aliphatic heterocycles. The average Bonchev–Trinajstić information content (AvgIpc) is 2.55. The van der Waals surface area contributed by atoms with E-state index in [1.807, 2.05) is 12.1 Å². The van der Waals surface area contributed by atoms with Gasteiger partial charge in [0.1, 0.15) is 5.76 Å². The van der Waals surface area contributed by atoms with Gasteiger partial charge in [0.2, 0.25) is 0 Å². The third-order valence-electron chi connectivity index (χ3n) is 1.81. The SMILES string of the molecule is O=C1CCC=C1c1ccco1. The molecular weight excluding hydrogens is 140 g/mol. The molecule has 0 unspecified atom stereocenters. The Kier molecular flexibility index (Phi) is 1.39. The van der Waals surface area contributed by atoms with Crippen LogP contribution in [0.4, 0.5) is 0 Å². The minimum Gasteiger partial charge on any atom is -0.464 e. The van der Waals surface area contributed by atoms with E-state index in [0.29, 0.717) is 12.2 Å². The van der Waals surface area contributed by atoms with Crippen LogP contribution in [0.2, 0.25) is 0 Å². The molecule has 2 heteroatoms. The van der Waals surface area contributed by atoms with Crippen molar-refractivity contribution in [2.24, 2.45) is 0 Å². The Morgan fingerprint density at radius 1 is 1.45 bits per heavy atom. The first-order valence-corrected chi connectivity index (χ1v) is 3.65. The number of hydrogen-bond acceptors (Lipinski definition) is 2. The summed E-state index contributed by atoms with van der Waals surface area (Å²) in [6.45, 7) is 0. The maximum absolute atomic E-state index is 11.1. The lowest BCUT2D eigenvalue weighted by Crippen LogP contribution is -1.92. The maximum Gasteiger partial charge on any atom is 0.166 e. The van der Waals surface area contributed by atoms with Crippen LogP contribution < -0.4 is 0 Å². The van der Waals surface area contributed by atoms with Gasteiger partial charge >= 0.3 is 0 Å². The highest BCUT2D eigenvalue weighted by molar-refractivity contribution is 6.21. The molecule has 0 N–H and O–H groups in total. The Balaban J connectivity index is 2.37. The van der Waals surface area contributed by atoms with Crippen LogP contribution in [0, 0.1) is 0 Å². The molecule has 11 heavy (non-hydrogen) atoms. The minimum atomic E-state index is 0.194. The van der Waals surface area contributed by atoms with Gasteiger partial charge in [-0.1, -0.05) is 6.08 Å². The highest BCUT2D eigenvalue weighted by atomic mass is 16.3. The summed E-state index contributed by atoms with van der Waals surface area (Å²) >= 11 is 0. The number of furan rings is 1. The molecule has 0 saturated carbocycles. The van der Waals surface area contributed by atoms with E-state index in [2.05, 4.69) is 0 Å². The van der Waals surface area contributed by atoms with Crippen molar-refractivity contribution in [3.05, 3.63) is 30.2 Å². The van der Waals surface area contributed by atoms with Crippen LogP contribution in [0.3, 0.4) is 0 Å². The van der Waals surface area contributed by atoms with Crippen molar-refractivity contribution < 1.29 is 9.21 Å². The van der Waals surface area contributed by atoms with Gasteiger partial charge in [-0.05, 0) is 18.6 Å². The van der Waals surface area contributed by atoms with Crippen LogP contribution in [-0.2, 0) is 4.79 Å². The Bertz CT molecular complexity index is 293. The zero-order valence-corrected chi connectivity index (χ0v) is 6.04. The van der Waals surface area contributed by atoms with Crippen molar-refractivity contribution in [1.82, 2.24) is 0 Å². The standard InChI is InChI=1S/C9H8O2/c10-8-4-1-3-7(8)9-5-2-6-11-9/h2-3,5-6H,1,4H2. The van der Waals surface area contributed by atoms with Gasteiger partial charge < -0.3 is 4.42 Å². The molecule has 2 nitrogen and oxygen atoms in total. The lowest BCUT2D eigenvalue weighted by molar-refractivity contribution is -0.113. The van der Waals surface area contributed by atoms with Crippen molar-refractivity contribution in [3.8, 4) is 0 Å². The normalized spacial score (nSPS) is 17.1. The summed E-state index contributed by atoms with van der Waals surface area (Å²) in [6, 6.07) is 3.61. The van der Waals surface area contributed by atoms with E-state index in [9.17, 15) is 4.79 Å². The highest BCUT2D eigenvalue weighted by Gasteiger charge is 2.18. The third kappa shape index (κ3) is 1.00. The summed E-state index contributed by atoms with van der Waals surface area (Å²) in [5.41, 5.74) is 0.745. The van der Waals surface area contributed by atoms with E-state index in [0.717, 1.165) is 12.0 Å². The van der Waals surface area contributed by atoms with Gasteiger partial charge in [-0.25, -0.2) is 0 Å². The average molecular weight is 148 g/mol. The predicted octanol–water partition coefficient (Wildman–Crippen LogP) is 2.03. The molecule has 0 radical (unpaired) electrons. The van der Waals surface area contributed by atoms with E-state index in [1.165, 1.54) is 0 Å². The van der Waals surface area contributed by atoms with Crippen LogP contribution in [0.25, 0.3) is 5.57 Å². The molecule has 1 aliphatic carbocycles. The summed E-state index contributed by atoms with van der Waals surface area (Å²) in [4.78, 5) is 11.1. The van der Waals surface area contributed by atoms with E-state index < -0.39 is 0 Å². The fraction of sp³-hybridized carbons (Fsp3) is 0.222. The number of carbonyl (C=O) groups excluding carboxylic acids is 1. The smallest absolute Gasteiger partial charge is 0.166 e. The molecule has 1 heterocycles. The molecule has 0 bridgehead atoms. The van der Waals surface area contributed by atoms with Crippen molar-refractivity contribution in [2.45, 2.75) is 12.8 Å². The second kappa shape index (κ2) is 2.38. The Hall–Kier alpha value is -1.31. The second-order valence-electron chi connectivity index (χ2n) is 2.56. The first-order valence-electron chi connectivity index (χ1n) is 3.65. The number of rotatable bonds is 1. The molecule has 0 aromatic carbocycles. The number of carbonyl (C=O) groups is 1. The van der Waals surface area contributed by atoms with Crippen LogP contribution in [0.5, 0.6) is 0 Å². The van der Waals surface area contributed by atoms with Gasteiger partial charge in [-0.3, -0.25) is 4.79 Å². The van der Waals surface area contributed by atoms with Crippen molar-refractivity contribution in [3.63, 3.8) is 0 Å². The molecule has 2 rings (SSSR count). The Labute approximate surface area is 64.5 Å². The summed E-state index contributed by atoms with van der Waals surface area (Å²) < 4.78 is 5.10. The predicted molar refractivity (Wildman–Crippen MR) is 40.9 cm³/mol. The van der Waals surface area contributed by atoms with Gasteiger partial charge in [-0.2, -0.15) is 0 Å². The monoisotopic (exact) mass is 148 g/mol. The van der Waals surface area contributed by atoms with Crippen LogP contribution in [-0.4, -0.2) is 5.78 Å². The molecular formula is C9H8O2. The number of hydrogen-bond donors (Lipinski definition) is 0. The van der Waals surface area contributed by atoms with Gasteiger partial charge in [0, 0.05) is 6.42 Å². The quantitative estimate of drug-likeness (QED) is 0.610. The molecule has 0 spiro atoms. The Morgan fingerprint density at radius 2 is 2.36 bits per heavy atom. The van der Waals surface area contributed by atoms with Gasteiger partial charge in [0.15, 0.2) is 5.78 Å². The first kappa shape index (κ1) is 6.40. The van der Waals surface area contributed by atoms with Crippen LogP contribution in [0.1, 0.15) is 18.6 Å². The van der Waals surface area contributed by atoms with Crippen molar-refractivity contribution >= 4 is 11.4 Å². The van der Waals surface area contributed by atoms with E-state index in [4.69, 9.17) is 4.42 Å². The zero-order chi connectivity index (χ0) is 7.68. The molecule has 56 valence electrons. The zero-order valence-electron chi connectivity index (χ0n) is 6.04. The van der Waals surface area contributed by atoms with E-state index >= 15 is 0 Å². The molecule has 0 saturated heterocycles. The van der Waals surface area contributed by atoms with E-state index in [1.54, 1.807) is 12.3 Å². The molecule has 1 aliphatic rings. The Morgan fingerprint density at radius 3 is 2.91 bits per heavy atom. The van der Waals surface area contributed by atoms with Crippen LogP contribution >= 0.6 is 0 Å². The third-order valence-corrected chi connectivity index (χ3v) is 1.81. The fourth-order valence-corrected chi connectivity index (χ4v) is 1.27. The van der Waals surface area contributed by atoms with Crippen molar-refractivity contribution in [1.29, 1.82) is 0 Å². The molecule has 0 fully saturated rings. The highest BCUT2D eigenvalue weighted by Crippen LogP contribution is 2.24. The fourth-order valence-electron chi connectivity index (χ4n) is 1.27. The van der Waals surface area contributed by atoms with Crippen LogP contribution in [0.15, 0.2) is 28.9 Å². The van der Waals surface area contributed by atoms with Gasteiger partial charge in [-0.15, -0.1) is 0 Å². The van der Waals surface area contributed by atoms with E-state index in [-0.39, 0.29) is 5.78 Å². The first-order chi connectivity index (χ1) is 5.38. The lowest BCUT2D eigenvalue weighted by atomic mass is 10.2. The lowest BCUT2D eigenvalue weighted by Gasteiger charge is -1.92. The topological polar surface area (TPSA) is 30.2 Å². The molecule has 0 amide bonds. The summed E-state index contributed by atoms with van der Waals surface area (Å²) in [5, 5.41) is 0. The maximum atomic E-state index is 11.1. The summed E-state index contributed by atoms with van der Waals surface area (Å²) in [6.07, 6.45) is 5.01. The molecule has 1 aromatic rings. The summed E-state index contributed by atoms with van der Waals surface area (Å²) in [5.74, 6) is 0.896. The van der Waals surface area contributed by atoms with Gasteiger partial charge in [0.05, 0.1) is 11.8 Å². The molecule has 0 atom stereocenters. The number of Topliss-reactive ketones (excluding diaryl/α,β-unsaturated/α-hetero) is 1. The largest absolute Gasteiger partial charge is 0.464 e. The van der Waals surface area contributed by atoms with Crippen molar-refractivity contribution in [2.75, 3.05) is 0 Å². The number of allylic oxidation sites excluding steroid dienone is 2. The second-order valence-corrected chi connectivity index (χ2v) is 2.56. The van der Waals surface area contributed by atoms with Gasteiger partial charge in [0.25, 0.3) is 0 Å². The summed E-state index contributed by atoms with van der Waals surface area (Å²) in [7, 11) is 0.